The van der Waals surface area contributed by atoms with E-state index in [1.54, 1.807) is 0 Å². The molecular weight excluding hydrogens is 338 g/mol. The normalized spacial score (nSPS) is 19.3. The molecule has 1 fully saturated rings. The fraction of sp³-hybridized carbons (Fsp3) is 0.318. The SMILES string of the molecule is c1cc(NC2CCN(Cc3ccc4c(c3)OCCO4)C2)c2ccncc2c1. The highest BCUT2D eigenvalue weighted by Gasteiger charge is 2.23. The Balaban J connectivity index is 1.25. The van der Waals surface area contributed by atoms with Crippen molar-refractivity contribution < 1.29 is 9.47 Å². The van der Waals surface area contributed by atoms with E-state index in [1.807, 2.05) is 18.5 Å². The van der Waals surface area contributed by atoms with Crippen LogP contribution in [-0.4, -0.2) is 42.2 Å². The van der Waals surface area contributed by atoms with Crippen LogP contribution in [0, 0.1) is 0 Å². The van der Waals surface area contributed by atoms with Crippen LogP contribution in [-0.2, 0) is 6.54 Å². The van der Waals surface area contributed by atoms with Crippen LogP contribution in [0.4, 0.5) is 5.69 Å². The van der Waals surface area contributed by atoms with Gasteiger partial charge in [0.05, 0.1) is 0 Å². The molecule has 27 heavy (non-hydrogen) atoms. The van der Waals surface area contributed by atoms with Gasteiger partial charge < -0.3 is 14.8 Å². The Morgan fingerprint density at radius 1 is 1.07 bits per heavy atom. The summed E-state index contributed by atoms with van der Waals surface area (Å²) in [6.07, 6.45) is 4.92. The van der Waals surface area contributed by atoms with E-state index in [1.165, 1.54) is 22.0 Å². The van der Waals surface area contributed by atoms with Crippen molar-refractivity contribution in [2.45, 2.75) is 19.0 Å². The van der Waals surface area contributed by atoms with Crippen LogP contribution in [0.25, 0.3) is 10.8 Å². The number of hydrogen-bond donors (Lipinski definition) is 1. The highest BCUT2D eigenvalue weighted by atomic mass is 16.6. The van der Waals surface area contributed by atoms with E-state index in [0.717, 1.165) is 37.6 Å². The van der Waals surface area contributed by atoms with Crippen LogP contribution < -0.4 is 14.8 Å². The number of benzene rings is 2. The van der Waals surface area contributed by atoms with Gasteiger partial charge in [-0.25, -0.2) is 0 Å². The minimum atomic E-state index is 0.459. The Kier molecular flexibility index (Phi) is 4.30. The summed E-state index contributed by atoms with van der Waals surface area (Å²) >= 11 is 0. The molecule has 1 N–H and O–H groups in total. The van der Waals surface area contributed by atoms with E-state index < -0.39 is 0 Å². The third-order valence-electron chi connectivity index (χ3n) is 5.33. The van der Waals surface area contributed by atoms with Crippen LogP contribution in [0.1, 0.15) is 12.0 Å². The lowest BCUT2D eigenvalue weighted by molar-refractivity contribution is 0.171. The molecule has 2 aliphatic rings. The minimum Gasteiger partial charge on any atom is -0.486 e. The number of nitrogens with zero attached hydrogens (tertiary/aromatic N) is 2. The van der Waals surface area contributed by atoms with Gasteiger partial charge in [-0.2, -0.15) is 0 Å². The number of pyridine rings is 1. The number of hydrogen-bond acceptors (Lipinski definition) is 5. The summed E-state index contributed by atoms with van der Waals surface area (Å²) in [4.78, 5) is 6.72. The summed E-state index contributed by atoms with van der Waals surface area (Å²) in [5, 5.41) is 6.14. The summed E-state index contributed by atoms with van der Waals surface area (Å²) in [7, 11) is 0. The van der Waals surface area contributed by atoms with Gasteiger partial charge in [-0.05, 0) is 36.2 Å². The zero-order valence-corrected chi connectivity index (χ0v) is 15.2. The first kappa shape index (κ1) is 16.4. The van der Waals surface area contributed by atoms with Crippen molar-refractivity contribution in [3.05, 3.63) is 60.4 Å². The zero-order valence-electron chi connectivity index (χ0n) is 15.2. The second-order valence-electron chi connectivity index (χ2n) is 7.25. The first-order valence-corrected chi connectivity index (χ1v) is 9.55. The molecule has 138 valence electrons. The quantitative estimate of drug-likeness (QED) is 0.768. The van der Waals surface area contributed by atoms with Crippen LogP contribution in [0.15, 0.2) is 54.9 Å². The molecule has 0 spiro atoms. The molecule has 1 atom stereocenters. The van der Waals surface area contributed by atoms with Gasteiger partial charge in [0, 0.05) is 54.5 Å². The molecule has 1 aromatic heterocycles. The molecular formula is C22H23N3O2. The Bertz CT molecular complexity index is 954. The standard InChI is InChI=1S/C22H23N3O2/c1-2-17-13-23-8-6-19(17)20(3-1)24-18-7-9-25(15-18)14-16-4-5-21-22(12-16)27-11-10-26-21/h1-6,8,12-13,18,24H,7,9-11,14-15H2. The second-order valence-corrected chi connectivity index (χ2v) is 7.25. The van der Waals surface area contributed by atoms with E-state index in [0.29, 0.717) is 19.3 Å². The average Bonchev–Trinajstić information content (AvgIpc) is 3.15. The highest BCUT2D eigenvalue weighted by molar-refractivity contribution is 5.93. The first-order valence-electron chi connectivity index (χ1n) is 9.55. The summed E-state index contributed by atoms with van der Waals surface area (Å²) in [6.45, 7) is 4.34. The van der Waals surface area contributed by atoms with E-state index in [-0.39, 0.29) is 0 Å². The van der Waals surface area contributed by atoms with Crippen molar-refractivity contribution in [2.75, 3.05) is 31.6 Å². The van der Waals surface area contributed by atoms with Crippen LogP contribution in [0.3, 0.4) is 0 Å². The van der Waals surface area contributed by atoms with E-state index in [4.69, 9.17) is 9.47 Å². The molecule has 0 bridgehead atoms. The maximum absolute atomic E-state index is 5.71. The lowest BCUT2D eigenvalue weighted by Crippen LogP contribution is -2.26. The number of aromatic nitrogens is 1. The van der Waals surface area contributed by atoms with Gasteiger partial charge in [0.2, 0.25) is 0 Å². The van der Waals surface area contributed by atoms with Crippen molar-refractivity contribution >= 4 is 16.5 Å². The fourth-order valence-corrected chi connectivity index (χ4v) is 4.01. The number of anilines is 1. The first-order chi connectivity index (χ1) is 13.3. The minimum absolute atomic E-state index is 0.459. The van der Waals surface area contributed by atoms with Crippen LogP contribution in [0.2, 0.25) is 0 Å². The largest absolute Gasteiger partial charge is 0.486 e. The summed E-state index contributed by atoms with van der Waals surface area (Å²) in [5.41, 5.74) is 2.47. The number of fused-ring (bicyclic) bond motifs is 2. The molecule has 5 heteroatoms. The van der Waals surface area contributed by atoms with Gasteiger partial charge in [-0.3, -0.25) is 9.88 Å². The maximum atomic E-state index is 5.71. The number of likely N-dealkylation sites (tertiary alicyclic amines) is 1. The lowest BCUT2D eigenvalue weighted by atomic mass is 10.1. The Morgan fingerprint density at radius 3 is 2.96 bits per heavy atom. The fourth-order valence-electron chi connectivity index (χ4n) is 4.01. The number of rotatable bonds is 4. The molecule has 0 saturated carbocycles. The van der Waals surface area contributed by atoms with Gasteiger partial charge in [-0.1, -0.05) is 18.2 Å². The van der Waals surface area contributed by atoms with E-state index in [9.17, 15) is 0 Å². The highest BCUT2D eigenvalue weighted by Crippen LogP contribution is 2.31. The molecule has 5 rings (SSSR count). The second kappa shape index (κ2) is 7.08. The van der Waals surface area contributed by atoms with Crippen molar-refractivity contribution in [3.63, 3.8) is 0 Å². The third-order valence-corrected chi connectivity index (χ3v) is 5.33. The smallest absolute Gasteiger partial charge is 0.161 e. The molecule has 0 amide bonds. The van der Waals surface area contributed by atoms with Gasteiger partial charge >= 0.3 is 0 Å². The average molecular weight is 361 g/mol. The number of ether oxygens (including phenoxy) is 2. The number of nitrogens with one attached hydrogen (secondary N) is 1. The van der Waals surface area contributed by atoms with Crippen LogP contribution in [0.5, 0.6) is 11.5 Å². The Labute approximate surface area is 158 Å². The van der Waals surface area contributed by atoms with Crippen molar-refractivity contribution in [1.29, 1.82) is 0 Å². The van der Waals surface area contributed by atoms with Gasteiger partial charge in [0.1, 0.15) is 13.2 Å². The lowest BCUT2D eigenvalue weighted by Gasteiger charge is -2.21. The summed E-state index contributed by atoms with van der Waals surface area (Å²) in [5.74, 6) is 1.73. The Hall–Kier alpha value is -2.79. The van der Waals surface area contributed by atoms with Gasteiger partial charge in [0.15, 0.2) is 11.5 Å². The molecule has 2 aliphatic heterocycles. The monoisotopic (exact) mass is 361 g/mol. The predicted octanol–water partition coefficient (Wildman–Crippen LogP) is 3.69. The molecule has 3 aromatic rings. The maximum Gasteiger partial charge on any atom is 0.161 e. The van der Waals surface area contributed by atoms with Crippen molar-refractivity contribution in [2.24, 2.45) is 0 Å². The zero-order chi connectivity index (χ0) is 18.1. The van der Waals surface area contributed by atoms with Crippen molar-refractivity contribution in [1.82, 2.24) is 9.88 Å². The molecule has 5 nitrogen and oxygen atoms in total. The van der Waals surface area contributed by atoms with Gasteiger partial charge in [0.25, 0.3) is 0 Å². The summed E-state index contributed by atoms with van der Waals surface area (Å²) < 4.78 is 11.3. The molecule has 1 unspecified atom stereocenters. The van der Waals surface area contributed by atoms with Crippen LogP contribution >= 0.6 is 0 Å². The van der Waals surface area contributed by atoms with Gasteiger partial charge in [-0.15, -0.1) is 0 Å². The van der Waals surface area contributed by atoms with E-state index >= 15 is 0 Å². The van der Waals surface area contributed by atoms with E-state index in [2.05, 4.69) is 51.6 Å². The third kappa shape index (κ3) is 3.43. The van der Waals surface area contributed by atoms with Crippen molar-refractivity contribution in [3.8, 4) is 11.5 Å². The predicted molar refractivity (Wildman–Crippen MR) is 106 cm³/mol. The molecule has 0 aliphatic carbocycles. The topological polar surface area (TPSA) is 46.6 Å². The summed E-state index contributed by atoms with van der Waals surface area (Å²) in [6, 6.07) is 15.2. The molecule has 1 saturated heterocycles. The molecule has 3 heterocycles. The molecule has 2 aromatic carbocycles. The molecule has 0 radical (unpaired) electrons. The Morgan fingerprint density at radius 2 is 2.00 bits per heavy atom.